The molecule has 2 aliphatic heterocycles. The maximum absolute atomic E-state index is 12.6. The van der Waals surface area contributed by atoms with Gasteiger partial charge in [0.1, 0.15) is 17.7 Å². The predicted octanol–water partition coefficient (Wildman–Crippen LogP) is -0.0411. The number of urea groups is 1. The molecule has 0 saturated carbocycles. The van der Waals surface area contributed by atoms with Gasteiger partial charge in [-0.3, -0.25) is 14.9 Å². The Hall–Kier alpha value is -3.51. The summed E-state index contributed by atoms with van der Waals surface area (Å²) in [5, 5.41) is 18.4. The summed E-state index contributed by atoms with van der Waals surface area (Å²) < 4.78 is 0. The number of anilines is 3. The topological polar surface area (TPSA) is 156 Å². The summed E-state index contributed by atoms with van der Waals surface area (Å²) in [6.45, 7) is 1.96. The van der Waals surface area contributed by atoms with E-state index in [0.717, 1.165) is 25.6 Å². The number of aliphatic hydroxyl groups excluding tert-OH is 1. The van der Waals surface area contributed by atoms with E-state index in [1.165, 1.54) is 6.20 Å². The molecule has 4 rings (SSSR count). The van der Waals surface area contributed by atoms with Crippen LogP contribution in [0.5, 0.6) is 0 Å². The number of H-pyrrole nitrogens is 1. The maximum Gasteiger partial charge on any atom is 0.323 e. The fraction of sp³-hybridized carbons (Fsp3) is 0.476. The lowest BCUT2D eigenvalue weighted by Crippen LogP contribution is -2.50. The van der Waals surface area contributed by atoms with Crippen molar-refractivity contribution in [2.75, 3.05) is 42.2 Å². The summed E-state index contributed by atoms with van der Waals surface area (Å²) in [7, 11) is 1.72. The smallest absolute Gasteiger partial charge is 0.323 e. The molecule has 2 saturated heterocycles. The summed E-state index contributed by atoms with van der Waals surface area (Å²) >= 11 is 0. The molecule has 0 bridgehead atoms. The highest BCUT2D eigenvalue weighted by Crippen LogP contribution is 2.23. The van der Waals surface area contributed by atoms with E-state index < -0.39 is 12.1 Å². The normalized spacial score (nSPS) is 22.6. The molecule has 176 valence electrons. The summed E-state index contributed by atoms with van der Waals surface area (Å²) in [5.41, 5.74) is 0.258. The van der Waals surface area contributed by atoms with Crippen molar-refractivity contribution < 1.29 is 14.7 Å². The lowest BCUT2D eigenvalue weighted by Gasteiger charge is -2.38. The highest BCUT2D eigenvalue weighted by atomic mass is 16.3. The highest BCUT2D eigenvalue weighted by molar-refractivity contribution is 5.95. The number of aliphatic hydroxyl groups is 1. The van der Waals surface area contributed by atoms with Gasteiger partial charge in [0.05, 0.1) is 18.3 Å². The number of carbonyl (C=O) groups is 2. The van der Waals surface area contributed by atoms with Crippen molar-refractivity contribution in [2.24, 2.45) is 0 Å². The minimum absolute atomic E-state index is 0.0561. The summed E-state index contributed by atoms with van der Waals surface area (Å²) in [5.74, 6) is 0.695. The second kappa shape index (κ2) is 9.96. The lowest BCUT2D eigenvalue weighted by molar-refractivity contribution is -0.119. The largest absolute Gasteiger partial charge is 0.391 e. The molecule has 12 heteroatoms. The Morgan fingerprint density at radius 2 is 2.12 bits per heavy atom. The number of aromatic amines is 1. The molecule has 33 heavy (non-hydrogen) atoms. The maximum atomic E-state index is 12.6. The quantitative estimate of drug-likeness (QED) is 0.420. The zero-order valence-electron chi connectivity index (χ0n) is 18.3. The fourth-order valence-corrected chi connectivity index (χ4v) is 4.10. The van der Waals surface area contributed by atoms with Crippen LogP contribution in [0.15, 0.2) is 35.5 Å². The van der Waals surface area contributed by atoms with Crippen LogP contribution in [0.3, 0.4) is 0 Å². The molecule has 3 unspecified atom stereocenters. The van der Waals surface area contributed by atoms with Crippen molar-refractivity contribution in [3.8, 4) is 0 Å². The van der Waals surface area contributed by atoms with E-state index in [9.17, 15) is 19.5 Å². The van der Waals surface area contributed by atoms with E-state index in [2.05, 4.69) is 35.8 Å². The van der Waals surface area contributed by atoms with E-state index >= 15 is 0 Å². The molecular formula is C21H28N8O4. The van der Waals surface area contributed by atoms with Crippen LogP contribution in [-0.4, -0.2) is 81.8 Å². The molecule has 0 radical (unpaired) electrons. The molecule has 0 aliphatic carbocycles. The predicted molar refractivity (Wildman–Crippen MR) is 122 cm³/mol. The molecule has 12 nitrogen and oxygen atoms in total. The van der Waals surface area contributed by atoms with Crippen LogP contribution in [-0.2, 0) is 4.79 Å². The number of nitrogens with one attached hydrogen (secondary N) is 4. The molecule has 2 aromatic heterocycles. The van der Waals surface area contributed by atoms with Crippen LogP contribution in [0, 0.1) is 0 Å². The molecular weight excluding hydrogens is 428 g/mol. The number of piperidine rings is 1. The Morgan fingerprint density at radius 1 is 1.27 bits per heavy atom. The summed E-state index contributed by atoms with van der Waals surface area (Å²) in [4.78, 5) is 50.7. The number of pyridine rings is 1. The average molecular weight is 457 g/mol. The van der Waals surface area contributed by atoms with E-state index in [4.69, 9.17) is 0 Å². The van der Waals surface area contributed by atoms with Crippen molar-refractivity contribution in [1.29, 1.82) is 0 Å². The van der Waals surface area contributed by atoms with E-state index in [-0.39, 0.29) is 29.4 Å². The number of hydrogen-bond donors (Lipinski definition) is 5. The second-order valence-electron chi connectivity index (χ2n) is 8.26. The Bertz CT molecular complexity index is 1040. The SMILES string of the molecule is CN(C(=O)Nc1c[nH]c(=O)cn1)C1CCCN(c2cc(NC(=O)C3NCCC3O)ccn2)C1. The minimum atomic E-state index is -0.692. The van der Waals surface area contributed by atoms with Gasteiger partial charge >= 0.3 is 6.03 Å². The van der Waals surface area contributed by atoms with Crippen molar-refractivity contribution in [1.82, 2.24) is 25.2 Å². The van der Waals surface area contributed by atoms with Gasteiger partial charge in [0.2, 0.25) is 5.91 Å². The summed E-state index contributed by atoms with van der Waals surface area (Å²) in [6.07, 6.45) is 5.66. The number of hydrogen-bond acceptors (Lipinski definition) is 8. The fourth-order valence-electron chi connectivity index (χ4n) is 4.10. The minimum Gasteiger partial charge on any atom is -0.391 e. The third-order valence-electron chi connectivity index (χ3n) is 5.98. The van der Waals surface area contributed by atoms with Crippen LogP contribution in [0.2, 0.25) is 0 Å². The van der Waals surface area contributed by atoms with Crippen molar-refractivity contribution in [2.45, 2.75) is 37.5 Å². The third kappa shape index (κ3) is 5.46. The Morgan fingerprint density at radius 3 is 2.85 bits per heavy atom. The zero-order chi connectivity index (χ0) is 23.4. The van der Waals surface area contributed by atoms with E-state index in [1.807, 2.05) is 0 Å². The molecule has 0 aromatic carbocycles. The molecule has 2 aliphatic rings. The van der Waals surface area contributed by atoms with Gasteiger partial charge in [-0.1, -0.05) is 0 Å². The monoisotopic (exact) mass is 456 g/mol. The van der Waals surface area contributed by atoms with E-state index in [1.54, 1.807) is 30.3 Å². The number of carbonyl (C=O) groups excluding carboxylic acids is 2. The van der Waals surface area contributed by atoms with Gasteiger partial charge < -0.3 is 30.5 Å². The standard InChI is InChI=1S/C21H28N8O4/c1-28(21(33)27-16-10-25-18(31)11-24-16)14-3-2-8-29(12-14)17-9-13(4-6-22-17)26-20(32)19-15(30)5-7-23-19/h4,6,9-11,14-15,19,23,30H,2-3,5,7-8,12H2,1H3,(H,25,31)(H,22,26,32)(H,24,27,33). The Kier molecular flexibility index (Phi) is 6.84. The van der Waals surface area contributed by atoms with Gasteiger partial charge in [-0.25, -0.2) is 14.8 Å². The average Bonchev–Trinajstić information content (AvgIpc) is 3.26. The van der Waals surface area contributed by atoms with Crippen molar-refractivity contribution >= 4 is 29.3 Å². The molecule has 3 atom stereocenters. The molecule has 4 heterocycles. The lowest BCUT2D eigenvalue weighted by atomic mass is 10.0. The molecule has 2 fully saturated rings. The highest BCUT2D eigenvalue weighted by Gasteiger charge is 2.31. The molecule has 0 spiro atoms. The van der Waals surface area contributed by atoms with Crippen LogP contribution >= 0.6 is 0 Å². The van der Waals surface area contributed by atoms with Crippen LogP contribution in [0.1, 0.15) is 19.3 Å². The summed E-state index contributed by atoms with van der Waals surface area (Å²) in [6, 6.07) is 2.51. The van der Waals surface area contributed by atoms with Crippen LogP contribution < -0.4 is 26.4 Å². The first kappa shape index (κ1) is 22.7. The number of likely N-dealkylation sites (N-methyl/N-ethyl adjacent to an activating group) is 1. The number of nitrogens with zero attached hydrogens (tertiary/aromatic N) is 4. The van der Waals surface area contributed by atoms with Gasteiger partial charge in [0.25, 0.3) is 5.56 Å². The first-order valence-electron chi connectivity index (χ1n) is 10.9. The van der Waals surface area contributed by atoms with Gasteiger partial charge in [-0.2, -0.15) is 0 Å². The third-order valence-corrected chi connectivity index (χ3v) is 5.98. The van der Waals surface area contributed by atoms with Crippen molar-refractivity contribution in [3.05, 3.63) is 41.1 Å². The first-order chi connectivity index (χ1) is 15.9. The molecule has 5 N–H and O–H groups in total. The Balaban J connectivity index is 1.38. The van der Waals surface area contributed by atoms with E-state index in [0.29, 0.717) is 31.0 Å². The van der Waals surface area contributed by atoms with Gasteiger partial charge in [0, 0.05) is 44.3 Å². The number of aromatic nitrogens is 3. The van der Waals surface area contributed by atoms with Gasteiger partial charge in [0.15, 0.2) is 0 Å². The van der Waals surface area contributed by atoms with Crippen LogP contribution in [0.4, 0.5) is 22.1 Å². The molecule has 3 amide bonds. The van der Waals surface area contributed by atoms with Crippen LogP contribution in [0.25, 0.3) is 0 Å². The number of amides is 3. The van der Waals surface area contributed by atoms with Gasteiger partial charge in [-0.15, -0.1) is 0 Å². The Labute approximate surface area is 190 Å². The first-order valence-corrected chi connectivity index (χ1v) is 10.9. The zero-order valence-corrected chi connectivity index (χ0v) is 18.3. The van der Waals surface area contributed by atoms with Crippen molar-refractivity contribution in [3.63, 3.8) is 0 Å². The second-order valence-corrected chi connectivity index (χ2v) is 8.26. The van der Waals surface area contributed by atoms with Gasteiger partial charge in [-0.05, 0) is 31.9 Å². The molecule has 2 aromatic rings. The number of rotatable bonds is 5.